The summed E-state index contributed by atoms with van der Waals surface area (Å²) in [6.07, 6.45) is 0. The molecule has 3 aromatic rings. The van der Waals surface area contributed by atoms with Crippen LogP contribution in [0, 0.1) is 0 Å². The minimum absolute atomic E-state index is 0.0287. The van der Waals surface area contributed by atoms with E-state index in [4.69, 9.17) is 5.73 Å². The quantitative estimate of drug-likeness (QED) is 0.501. The van der Waals surface area contributed by atoms with Crippen LogP contribution in [-0.2, 0) is 6.54 Å². The Labute approximate surface area is 115 Å². The number of aliphatic hydroxyl groups excluding tert-OH is 1. The maximum atomic E-state index is 9.51. The van der Waals surface area contributed by atoms with Gasteiger partial charge < -0.3 is 20.5 Å². The van der Waals surface area contributed by atoms with Crippen LogP contribution in [0.25, 0.3) is 22.4 Å². The topological polar surface area (TPSA) is 84.3 Å². The van der Waals surface area contributed by atoms with E-state index in [2.05, 4.69) is 4.98 Å². The molecule has 5 heteroatoms. The number of fused-ring (bicyclic) bond motifs is 1. The molecule has 0 radical (unpaired) electrons. The lowest BCUT2D eigenvalue weighted by molar-refractivity contribution is 0.278. The number of nitrogens with two attached hydrogens (primary N) is 1. The van der Waals surface area contributed by atoms with E-state index in [0.29, 0.717) is 12.2 Å². The highest BCUT2D eigenvalue weighted by molar-refractivity contribution is 5.81. The minimum Gasteiger partial charge on any atom is -0.506 e. The van der Waals surface area contributed by atoms with Crippen LogP contribution in [0.5, 0.6) is 5.75 Å². The molecule has 3 rings (SSSR count). The van der Waals surface area contributed by atoms with Gasteiger partial charge in [0.1, 0.15) is 11.6 Å². The van der Waals surface area contributed by atoms with Crippen LogP contribution >= 0.6 is 0 Å². The standard InChI is InChI=1S/C15H15N3O2/c16-11-9-10(5-6-14(11)20)15-17-12-3-1-2-4-13(12)18(15)7-8-19/h1-6,9,19-20H,7-8,16H2. The van der Waals surface area contributed by atoms with Crippen LogP contribution in [-0.4, -0.2) is 26.4 Å². The summed E-state index contributed by atoms with van der Waals surface area (Å²) < 4.78 is 1.95. The summed E-state index contributed by atoms with van der Waals surface area (Å²) in [5.41, 5.74) is 8.69. The van der Waals surface area contributed by atoms with Gasteiger partial charge in [0.05, 0.1) is 23.3 Å². The smallest absolute Gasteiger partial charge is 0.141 e. The maximum Gasteiger partial charge on any atom is 0.141 e. The molecule has 0 bridgehead atoms. The van der Waals surface area contributed by atoms with Crippen molar-refractivity contribution in [2.75, 3.05) is 12.3 Å². The lowest BCUT2D eigenvalue weighted by Gasteiger charge is -2.08. The Kier molecular flexibility index (Phi) is 3.04. The first-order chi connectivity index (χ1) is 9.70. The van der Waals surface area contributed by atoms with Crippen molar-refractivity contribution < 1.29 is 10.2 Å². The molecule has 4 N–H and O–H groups in total. The number of imidazole rings is 1. The van der Waals surface area contributed by atoms with Gasteiger partial charge in [-0.2, -0.15) is 0 Å². The second-order valence-electron chi connectivity index (χ2n) is 4.57. The number of aliphatic hydroxyl groups is 1. The van der Waals surface area contributed by atoms with Crippen molar-refractivity contribution in [3.8, 4) is 17.1 Å². The summed E-state index contributed by atoms with van der Waals surface area (Å²) in [6.45, 7) is 0.484. The van der Waals surface area contributed by atoms with Crippen molar-refractivity contribution >= 4 is 16.7 Å². The monoisotopic (exact) mass is 269 g/mol. The van der Waals surface area contributed by atoms with Crippen LogP contribution < -0.4 is 5.73 Å². The van der Waals surface area contributed by atoms with Gasteiger partial charge in [0, 0.05) is 12.1 Å². The number of nitrogens with zero attached hydrogens (tertiary/aromatic N) is 2. The molecule has 2 aromatic carbocycles. The fourth-order valence-corrected chi connectivity index (χ4v) is 2.32. The summed E-state index contributed by atoms with van der Waals surface area (Å²) in [7, 11) is 0. The Morgan fingerprint density at radius 1 is 1.15 bits per heavy atom. The van der Waals surface area contributed by atoms with E-state index in [0.717, 1.165) is 22.4 Å². The Morgan fingerprint density at radius 2 is 1.95 bits per heavy atom. The zero-order valence-electron chi connectivity index (χ0n) is 10.8. The molecule has 1 heterocycles. The molecule has 0 fully saturated rings. The molecule has 20 heavy (non-hydrogen) atoms. The zero-order chi connectivity index (χ0) is 14.1. The molecule has 102 valence electrons. The van der Waals surface area contributed by atoms with Crippen molar-refractivity contribution in [3.63, 3.8) is 0 Å². The number of anilines is 1. The minimum atomic E-state index is 0.0287. The van der Waals surface area contributed by atoms with Crippen LogP contribution in [0.15, 0.2) is 42.5 Å². The van der Waals surface area contributed by atoms with Crippen molar-refractivity contribution in [1.29, 1.82) is 0 Å². The maximum absolute atomic E-state index is 9.51. The van der Waals surface area contributed by atoms with Crippen LogP contribution in [0.1, 0.15) is 0 Å². The van der Waals surface area contributed by atoms with E-state index < -0.39 is 0 Å². The van der Waals surface area contributed by atoms with Gasteiger partial charge in [-0.05, 0) is 30.3 Å². The molecule has 0 amide bonds. The predicted octanol–water partition coefficient (Wildman–Crippen LogP) is 1.98. The SMILES string of the molecule is Nc1cc(-c2nc3ccccc3n2CCO)ccc1O. The normalized spacial score (nSPS) is 11.1. The van der Waals surface area contributed by atoms with Gasteiger partial charge in [0.15, 0.2) is 0 Å². The summed E-state index contributed by atoms with van der Waals surface area (Å²) in [6, 6.07) is 12.8. The van der Waals surface area contributed by atoms with Crippen molar-refractivity contribution in [1.82, 2.24) is 9.55 Å². The first kappa shape index (κ1) is 12.5. The second-order valence-corrected chi connectivity index (χ2v) is 4.57. The second kappa shape index (κ2) is 4.86. The molecule has 5 nitrogen and oxygen atoms in total. The van der Waals surface area contributed by atoms with Crippen molar-refractivity contribution in [2.24, 2.45) is 0 Å². The number of phenols is 1. The lowest BCUT2D eigenvalue weighted by atomic mass is 10.2. The number of para-hydroxylation sites is 2. The van der Waals surface area contributed by atoms with E-state index in [1.54, 1.807) is 18.2 Å². The Bertz CT molecular complexity index is 765. The molecule has 0 aliphatic carbocycles. The van der Waals surface area contributed by atoms with Gasteiger partial charge in [-0.1, -0.05) is 12.1 Å². The van der Waals surface area contributed by atoms with E-state index in [9.17, 15) is 10.2 Å². The molecule has 1 aromatic heterocycles. The van der Waals surface area contributed by atoms with Gasteiger partial charge in [-0.3, -0.25) is 0 Å². The molecule has 0 atom stereocenters. The van der Waals surface area contributed by atoms with Gasteiger partial charge in [0.25, 0.3) is 0 Å². The molecular formula is C15H15N3O2. The molecule has 0 saturated heterocycles. The fraction of sp³-hybridized carbons (Fsp3) is 0.133. The Morgan fingerprint density at radius 3 is 2.70 bits per heavy atom. The van der Waals surface area contributed by atoms with Crippen molar-refractivity contribution in [3.05, 3.63) is 42.5 Å². The Hall–Kier alpha value is -2.53. The third kappa shape index (κ3) is 1.98. The fourth-order valence-electron chi connectivity index (χ4n) is 2.32. The highest BCUT2D eigenvalue weighted by atomic mass is 16.3. The summed E-state index contributed by atoms with van der Waals surface area (Å²) in [5, 5.41) is 18.8. The first-order valence-electron chi connectivity index (χ1n) is 6.35. The Balaban J connectivity index is 2.23. The lowest BCUT2D eigenvalue weighted by Crippen LogP contribution is -2.04. The summed E-state index contributed by atoms with van der Waals surface area (Å²) in [5.74, 6) is 0.783. The van der Waals surface area contributed by atoms with E-state index in [1.807, 2.05) is 28.8 Å². The molecule has 0 unspecified atom stereocenters. The van der Waals surface area contributed by atoms with E-state index in [-0.39, 0.29) is 12.4 Å². The third-order valence-corrected chi connectivity index (χ3v) is 3.26. The average Bonchev–Trinajstić information content (AvgIpc) is 2.82. The summed E-state index contributed by atoms with van der Waals surface area (Å²) in [4.78, 5) is 4.59. The number of hydrogen-bond donors (Lipinski definition) is 3. The first-order valence-corrected chi connectivity index (χ1v) is 6.35. The largest absolute Gasteiger partial charge is 0.506 e. The number of aromatic nitrogens is 2. The molecule has 0 saturated carbocycles. The van der Waals surface area contributed by atoms with Crippen LogP contribution in [0.3, 0.4) is 0 Å². The number of benzene rings is 2. The van der Waals surface area contributed by atoms with Gasteiger partial charge in [-0.25, -0.2) is 4.98 Å². The van der Waals surface area contributed by atoms with E-state index in [1.165, 1.54) is 0 Å². The van der Waals surface area contributed by atoms with Gasteiger partial charge >= 0.3 is 0 Å². The number of rotatable bonds is 3. The molecule has 0 aliphatic heterocycles. The summed E-state index contributed by atoms with van der Waals surface area (Å²) >= 11 is 0. The van der Waals surface area contributed by atoms with Gasteiger partial charge in [-0.15, -0.1) is 0 Å². The number of phenolic OH excluding ortho intramolecular Hbond substituents is 1. The molecular weight excluding hydrogens is 254 g/mol. The molecule has 0 aliphatic rings. The van der Waals surface area contributed by atoms with Crippen LogP contribution in [0.4, 0.5) is 5.69 Å². The molecule has 0 spiro atoms. The van der Waals surface area contributed by atoms with Crippen molar-refractivity contribution in [2.45, 2.75) is 6.54 Å². The number of nitrogen functional groups attached to an aromatic ring is 1. The zero-order valence-corrected chi connectivity index (χ0v) is 10.8. The number of aromatic hydroxyl groups is 1. The predicted molar refractivity (Wildman–Crippen MR) is 78.3 cm³/mol. The van der Waals surface area contributed by atoms with Crippen LogP contribution in [0.2, 0.25) is 0 Å². The average molecular weight is 269 g/mol. The highest BCUT2D eigenvalue weighted by Gasteiger charge is 2.12. The van der Waals surface area contributed by atoms with E-state index >= 15 is 0 Å². The van der Waals surface area contributed by atoms with Gasteiger partial charge in [0.2, 0.25) is 0 Å². The highest BCUT2D eigenvalue weighted by Crippen LogP contribution is 2.29. The number of hydrogen-bond acceptors (Lipinski definition) is 4. The third-order valence-electron chi connectivity index (χ3n) is 3.26.